The van der Waals surface area contributed by atoms with Gasteiger partial charge in [0, 0.05) is 13.1 Å². The van der Waals surface area contributed by atoms with Crippen molar-refractivity contribution in [1.82, 2.24) is 10.2 Å². The van der Waals surface area contributed by atoms with Crippen LogP contribution < -0.4 is 11.1 Å². The van der Waals surface area contributed by atoms with Crippen molar-refractivity contribution >= 4 is 0 Å². The number of nitrogens with two attached hydrogens (primary N) is 1. The molecule has 0 rings (SSSR count). The molecular formula is C10H25N3O. The van der Waals surface area contributed by atoms with Gasteiger partial charge in [-0.15, -0.1) is 0 Å². The van der Waals surface area contributed by atoms with Gasteiger partial charge in [-0.3, -0.25) is 0 Å². The summed E-state index contributed by atoms with van der Waals surface area (Å²) < 4.78 is 5.42. The molecule has 0 aliphatic carbocycles. The number of hydrogen-bond donors (Lipinski definition) is 2. The first kappa shape index (κ1) is 13.8. The number of unbranched alkanes of at least 4 members (excludes halogenated alkanes) is 1. The summed E-state index contributed by atoms with van der Waals surface area (Å²) >= 11 is 0. The molecule has 0 saturated heterocycles. The molecule has 0 unspecified atom stereocenters. The molecule has 0 aliphatic rings. The minimum absolute atomic E-state index is 0.793. The number of rotatable bonds is 10. The zero-order valence-corrected chi connectivity index (χ0v) is 9.59. The van der Waals surface area contributed by atoms with Crippen molar-refractivity contribution in [1.29, 1.82) is 0 Å². The number of hydrogen-bond acceptors (Lipinski definition) is 4. The lowest BCUT2D eigenvalue weighted by Crippen LogP contribution is -2.24. The van der Waals surface area contributed by atoms with E-state index >= 15 is 0 Å². The second kappa shape index (κ2) is 10.9. The van der Waals surface area contributed by atoms with E-state index in [0.29, 0.717) is 0 Å². The first-order valence-corrected chi connectivity index (χ1v) is 5.40. The Hall–Kier alpha value is -0.160. The monoisotopic (exact) mass is 203 g/mol. The van der Waals surface area contributed by atoms with Crippen molar-refractivity contribution in [3.8, 4) is 0 Å². The highest BCUT2D eigenvalue weighted by molar-refractivity contribution is 4.48. The van der Waals surface area contributed by atoms with Crippen LogP contribution in [0.1, 0.15) is 12.8 Å². The van der Waals surface area contributed by atoms with Crippen molar-refractivity contribution in [3.63, 3.8) is 0 Å². The molecule has 0 aromatic heterocycles. The fourth-order valence-electron chi connectivity index (χ4n) is 1.01. The maximum atomic E-state index is 5.42. The molecule has 0 aliphatic heterocycles. The fraction of sp³-hybridized carbons (Fsp3) is 1.00. The summed E-state index contributed by atoms with van der Waals surface area (Å²) in [5.74, 6) is 0. The largest absolute Gasteiger partial charge is 0.379 e. The first-order valence-electron chi connectivity index (χ1n) is 5.40. The molecular weight excluding hydrogens is 178 g/mol. The quantitative estimate of drug-likeness (QED) is 0.487. The summed E-state index contributed by atoms with van der Waals surface area (Å²) in [7, 11) is 4.10. The fourth-order valence-corrected chi connectivity index (χ4v) is 1.01. The van der Waals surface area contributed by atoms with Crippen LogP contribution in [0.15, 0.2) is 0 Å². The average Bonchev–Trinajstić information content (AvgIpc) is 2.15. The second-order valence-electron chi connectivity index (χ2n) is 3.66. The SMILES string of the molecule is CN(C)CCOCCNCCCCN. The summed E-state index contributed by atoms with van der Waals surface area (Å²) in [6.07, 6.45) is 2.27. The Morgan fingerprint density at radius 2 is 1.93 bits per heavy atom. The molecule has 0 aromatic rings. The van der Waals surface area contributed by atoms with Gasteiger partial charge < -0.3 is 20.7 Å². The normalized spacial score (nSPS) is 11.1. The van der Waals surface area contributed by atoms with Gasteiger partial charge in [-0.1, -0.05) is 0 Å². The van der Waals surface area contributed by atoms with Gasteiger partial charge in [-0.05, 0) is 40.0 Å². The minimum atomic E-state index is 0.793. The summed E-state index contributed by atoms with van der Waals surface area (Å²) in [6, 6.07) is 0. The highest BCUT2D eigenvalue weighted by Gasteiger charge is 1.91. The third-order valence-electron chi connectivity index (χ3n) is 1.91. The first-order chi connectivity index (χ1) is 6.77. The predicted octanol–water partition coefficient (Wildman–Crippen LogP) is -0.107. The van der Waals surface area contributed by atoms with E-state index in [9.17, 15) is 0 Å². The van der Waals surface area contributed by atoms with E-state index in [1.54, 1.807) is 0 Å². The van der Waals surface area contributed by atoms with Crippen LogP contribution in [0.3, 0.4) is 0 Å². The lowest BCUT2D eigenvalue weighted by molar-refractivity contribution is 0.119. The Balaban J connectivity index is 2.85. The number of ether oxygens (including phenoxy) is 1. The van der Waals surface area contributed by atoms with E-state index < -0.39 is 0 Å². The molecule has 0 atom stereocenters. The molecule has 0 bridgehead atoms. The maximum Gasteiger partial charge on any atom is 0.0593 e. The lowest BCUT2D eigenvalue weighted by atomic mass is 10.3. The minimum Gasteiger partial charge on any atom is -0.379 e. The Morgan fingerprint density at radius 3 is 2.57 bits per heavy atom. The third kappa shape index (κ3) is 11.8. The van der Waals surface area contributed by atoms with Crippen LogP contribution in [0.5, 0.6) is 0 Å². The summed E-state index contributed by atoms with van der Waals surface area (Å²) in [5, 5.41) is 3.31. The Morgan fingerprint density at radius 1 is 1.14 bits per heavy atom. The van der Waals surface area contributed by atoms with Crippen molar-refractivity contribution in [2.24, 2.45) is 5.73 Å². The van der Waals surface area contributed by atoms with Gasteiger partial charge in [0.15, 0.2) is 0 Å². The zero-order valence-electron chi connectivity index (χ0n) is 9.59. The van der Waals surface area contributed by atoms with Crippen LogP contribution in [-0.4, -0.2) is 58.4 Å². The number of nitrogens with zero attached hydrogens (tertiary/aromatic N) is 1. The van der Waals surface area contributed by atoms with Gasteiger partial charge in [-0.2, -0.15) is 0 Å². The van der Waals surface area contributed by atoms with Crippen molar-refractivity contribution in [2.45, 2.75) is 12.8 Å². The van der Waals surface area contributed by atoms with E-state index in [-0.39, 0.29) is 0 Å². The van der Waals surface area contributed by atoms with Gasteiger partial charge in [0.05, 0.1) is 13.2 Å². The molecule has 0 aromatic carbocycles. The third-order valence-corrected chi connectivity index (χ3v) is 1.91. The molecule has 0 saturated carbocycles. The zero-order chi connectivity index (χ0) is 10.6. The van der Waals surface area contributed by atoms with E-state index in [1.165, 1.54) is 0 Å². The van der Waals surface area contributed by atoms with E-state index in [1.807, 2.05) is 0 Å². The van der Waals surface area contributed by atoms with Crippen molar-refractivity contribution < 1.29 is 4.74 Å². The Labute approximate surface area is 87.8 Å². The molecule has 0 spiro atoms. The summed E-state index contributed by atoms with van der Waals surface area (Å²) in [6.45, 7) is 5.40. The standard InChI is InChI=1S/C10H25N3O/c1-13(2)8-10-14-9-7-12-6-4-3-5-11/h12H,3-11H2,1-2H3. The van der Waals surface area contributed by atoms with Crippen molar-refractivity contribution in [2.75, 3.05) is 53.5 Å². The average molecular weight is 203 g/mol. The summed E-state index contributed by atoms with van der Waals surface area (Å²) in [4.78, 5) is 2.12. The van der Waals surface area contributed by atoms with Crippen LogP contribution in [0, 0.1) is 0 Å². The van der Waals surface area contributed by atoms with Crippen LogP contribution in [0.4, 0.5) is 0 Å². The highest BCUT2D eigenvalue weighted by Crippen LogP contribution is 1.82. The van der Waals surface area contributed by atoms with Crippen LogP contribution in [-0.2, 0) is 4.74 Å². The maximum absolute atomic E-state index is 5.42. The Bertz CT molecular complexity index is 110. The van der Waals surface area contributed by atoms with Gasteiger partial charge in [0.25, 0.3) is 0 Å². The van der Waals surface area contributed by atoms with Gasteiger partial charge >= 0.3 is 0 Å². The molecule has 4 heteroatoms. The topological polar surface area (TPSA) is 50.5 Å². The van der Waals surface area contributed by atoms with E-state index in [2.05, 4.69) is 24.3 Å². The molecule has 0 heterocycles. The van der Waals surface area contributed by atoms with Gasteiger partial charge in [0.1, 0.15) is 0 Å². The highest BCUT2D eigenvalue weighted by atomic mass is 16.5. The van der Waals surface area contributed by atoms with E-state index in [4.69, 9.17) is 10.5 Å². The van der Waals surface area contributed by atoms with Crippen LogP contribution in [0.2, 0.25) is 0 Å². The molecule has 86 valence electrons. The molecule has 0 amide bonds. The smallest absolute Gasteiger partial charge is 0.0593 e. The van der Waals surface area contributed by atoms with Crippen molar-refractivity contribution in [3.05, 3.63) is 0 Å². The number of likely N-dealkylation sites (N-methyl/N-ethyl adjacent to an activating group) is 1. The lowest BCUT2D eigenvalue weighted by Gasteiger charge is -2.10. The number of nitrogens with one attached hydrogen (secondary N) is 1. The van der Waals surface area contributed by atoms with Crippen LogP contribution in [0.25, 0.3) is 0 Å². The Kier molecular flexibility index (Phi) is 10.8. The van der Waals surface area contributed by atoms with Gasteiger partial charge in [0.2, 0.25) is 0 Å². The summed E-state index contributed by atoms with van der Waals surface area (Å²) in [5.41, 5.74) is 5.38. The molecule has 14 heavy (non-hydrogen) atoms. The second-order valence-corrected chi connectivity index (χ2v) is 3.66. The molecule has 3 N–H and O–H groups in total. The van der Waals surface area contributed by atoms with E-state index in [0.717, 1.165) is 52.2 Å². The van der Waals surface area contributed by atoms with Gasteiger partial charge in [-0.25, -0.2) is 0 Å². The molecule has 4 nitrogen and oxygen atoms in total. The van der Waals surface area contributed by atoms with Crippen LogP contribution >= 0.6 is 0 Å². The molecule has 0 fully saturated rings. The molecule has 0 radical (unpaired) electrons. The predicted molar refractivity (Wildman–Crippen MR) is 60.5 cm³/mol.